The highest BCUT2D eigenvalue weighted by molar-refractivity contribution is 7.90. The number of hydrogen-bond donors (Lipinski definition) is 2. The van der Waals surface area contributed by atoms with Crippen LogP contribution >= 0.6 is 24.8 Å². The SMILES string of the molecule is C=C/C=C(\S)c1cc(-c2ccco2)c(C#N)c(=S)[nH]1. The summed E-state index contributed by atoms with van der Waals surface area (Å²) in [6.45, 7) is 3.62. The molecule has 0 aromatic carbocycles. The second-order valence-corrected chi connectivity index (χ2v) is 4.57. The number of aromatic amines is 1. The predicted octanol–water partition coefficient (Wildman–Crippen LogP) is 4.33. The van der Waals surface area contributed by atoms with Crippen LogP contribution in [0.2, 0.25) is 0 Å². The van der Waals surface area contributed by atoms with Crippen LogP contribution in [0.4, 0.5) is 0 Å². The minimum absolute atomic E-state index is 0.357. The summed E-state index contributed by atoms with van der Waals surface area (Å²) in [5.74, 6) is 0.595. The van der Waals surface area contributed by atoms with Crippen molar-refractivity contribution in [3.63, 3.8) is 0 Å². The summed E-state index contributed by atoms with van der Waals surface area (Å²) in [5, 5.41) is 9.20. The Kier molecular flexibility index (Phi) is 4.05. The van der Waals surface area contributed by atoms with Gasteiger partial charge in [0.2, 0.25) is 0 Å². The number of thiol groups is 1. The average Bonchev–Trinajstić information content (AvgIpc) is 2.91. The van der Waals surface area contributed by atoms with Gasteiger partial charge in [0.15, 0.2) is 0 Å². The van der Waals surface area contributed by atoms with Gasteiger partial charge in [-0.3, -0.25) is 0 Å². The lowest BCUT2D eigenvalue weighted by atomic mass is 10.1. The molecule has 0 atom stereocenters. The maximum absolute atomic E-state index is 9.20. The Bertz CT molecular complexity index is 734. The maximum atomic E-state index is 9.20. The first-order valence-electron chi connectivity index (χ1n) is 5.40. The quantitative estimate of drug-likeness (QED) is 0.501. The average molecular weight is 286 g/mol. The summed E-state index contributed by atoms with van der Waals surface area (Å²) < 4.78 is 5.69. The lowest BCUT2D eigenvalue weighted by Crippen LogP contribution is -1.93. The summed E-state index contributed by atoms with van der Waals surface area (Å²) in [7, 11) is 0. The van der Waals surface area contributed by atoms with Gasteiger partial charge in [-0.25, -0.2) is 0 Å². The summed E-state index contributed by atoms with van der Waals surface area (Å²) in [5.41, 5.74) is 1.74. The van der Waals surface area contributed by atoms with Gasteiger partial charge in [-0.05, 0) is 24.3 Å². The van der Waals surface area contributed by atoms with E-state index in [1.165, 1.54) is 0 Å². The fraction of sp³-hybridized carbons (Fsp3) is 0. The van der Waals surface area contributed by atoms with Crippen LogP contribution in [0.3, 0.4) is 0 Å². The number of nitrogens with zero attached hydrogens (tertiary/aromatic N) is 1. The van der Waals surface area contributed by atoms with E-state index >= 15 is 0 Å². The topological polar surface area (TPSA) is 52.7 Å². The molecule has 0 saturated heterocycles. The van der Waals surface area contributed by atoms with E-state index in [0.717, 1.165) is 0 Å². The van der Waals surface area contributed by atoms with Crippen molar-refractivity contribution in [2.75, 3.05) is 0 Å². The van der Waals surface area contributed by atoms with Crippen molar-refractivity contribution >= 4 is 29.8 Å². The first kappa shape index (κ1) is 13.4. The fourth-order valence-corrected chi connectivity index (χ4v) is 2.13. The number of pyridine rings is 1. The van der Waals surface area contributed by atoms with E-state index < -0.39 is 0 Å². The monoisotopic (exact) mass is 286 g/mol. The van der Waals surface area contributed by atoms with Gasteiger partial charge in [0.1, 0.15) is 16.5 Å². The number of aromatic nitrogens is 1. The molecule has 0 saturated carbocycles. The Morgan fingerprint density at radius 2 is 2.37 bits per heavy atom. The van der Waals surface area contributed by atoms with Gasteiger partial charge in [0, 0.05) is 10.5 Å². The van der Waals surface area contributed by atoms with Crippen molar-refractivity contribution in [1.29, 1.82) is 5.26 Å². The molecular weight excluding hydrogens is 276 g/mol. The van der Waals surface area contributed by atoms with Crippen molar-refractivity contribution in [1.82, 2.24) is 4.98 Å². The first-order chi connectivity index (χ1) is 9.17. The molecule has 3 nitrogen and oxygen atoms in total. The normalized spacial score (nSPS) is 11.1. The molecule has 0 radical (unpaired) electrons. The highest BCUT2D eigenvalue weighted by atomic mass is 32.1. The van der Waals surface area contributed by atoms with Gasteiger partial charge in [-0.15, -0.1) is 12.6 Å². The number of allylic oxidation sites excluding steroid dienone is 2. The first-order valence-corrected chi connectivity index (χ1v) is 6.26. The Morgan fingerprint density at radius 1 is 1.58 bits per heavy atom. The third kappa shape index (κ3) is 2.70. The molecule has 19 heavy (non-hydrogen) atoms. The zero-order valence-electron chi connectivity index (χ0n) is 9.88. The van der Waals surface area contributed by atoms with Crippen molar-refractivity contribution in [3.8, 4) is 17.4 Å². The number of rotatable bonds is 3. The van der Waals surface area contributed by atoms with Crippen LogP contribution in [-0.4, -0.2) is 4.98 Å². The van der Waals surface area contributed by atoms with Gasteiger partial charge < -0.3 is 9.40 Å². The molecule has 5 heteroatoms. The van der Waals surface area contributed by atoms with Gasteiger partial charge in [-0.2, -0.15) is 5.26 Å². The second-order valence-electron chi connectivity index (χ2n) is 3.68. The number of nitrogens with one attached hydrogen (secondary N) is 1. The van der Waals surface area contributed by atoms with E-state index in [2.05, 4.69) is 30.3 Å². The minimum atomic E-state index is 0.357. The molecule has 2 rings (SSSR count). The zero-order chi connectivity index (χ0) is 13.8. The van der Waals surface area contributed by atoms with Crippen molar-refractivity contribution in [3.05, 3.63) is 59.1 Å². The Balaban J connectivity index is 2.72. The lowest BCUT2D eigenvalue weighted by Gasteiger charge is -2.06. The third-order valence-corrected chi connectivity index (χ3v) is 3.18. The summed E-state index contributed by atoms with van der Waals surface area (Å²) in [4.78, 5) is 3.65. The standard InChI is InChI=1S/C14H10N2OS2/c1-2-4-13(18)11-7-9(12-5-3-6-17-12)10(8-15)14(19)16-11/h2-7,18H,1H2,(H,16,19)/b13-4-. The van der Waals surface area contributed by atoms with E-state index in [-0.39, 0.29) is 0 Å². The van der Waals surface area contributed by atoms with Crippen LogP contribution in [0.25, 0.3) is 16.2 Å². The number of nitriles is 1. The number of hydrogen-bond acceptors (Lipinski definition) is 4. The van der Waals surface area contributed by atoms with Gasteiger partial charge in [0.25, 0.3) is 0 Å². The van der Waals surface area contributed by atoms with Crippen LogP contribution in [0, 0.1) is 16.0 Å². The summed E-state index contributed by atoms with van der Waals surface area (Å²) in [6, 6.07) is 7.42. The van der Waals surface area contributed by atoms with Crippen LogP contribution in [-0.2, 0) is 0 Å². The molecule has 2 aromatic heterocycles. The van der Waals surface area contributed by atoms with Crippen LogP contribution in [0.5, 0.6) is 0 Å². The summed E-state index contributed by atoms with van der Waals surface area (Å²) in [6.07, 6.45) is 4.92. The lowest BCUT2D eigenvalue weighted by molar-refractivity contribution is 0.582. The van der Waals surface area contributed by atoms with Crippen LogP contribution < -0.4 is 0 Å². The van der Waals surface area contributed by atoms with Crippen LogP contribution in [0.1, 0.15) is 11.3 Å². The van der Waals surface area contributed by atoms with E-state index in [9.17, 15) is 5.26 Å². The molecule has 0 spiro atoms. The highest BCUT2D eigenvalue weighted by Crippen LogP contribution is 2.28. The molecule has 0 aliphatic carbocycles. The molecule has 94 valence electrons. The van der Waals surface area contributed by atoms with E-state index in [0.29, 0.717) is 32.1 Å². The number of furan rings is 1. The van der Waals surface area contributed by atoms with Gasteiger partial charge in [0.05, 0.1) is 17.5 Å². The molecule has 2 heterocycles. The van der Waals surface area contributed by atoms with Gasteiger partial charge in [-0.1, -0.05) is 24.9 Å². The summed E-state index contributed by atoms with van der Waals surface area (Å²) >= 11 is 9.55. The molecule has 0 bridgehead atoms. The molecule has 0 unspecified atom stereocenters. The Hall–Kier alpha value is -2.03. The number of H-pyrrole nitrogens is 1. The molecule has 0 fully saturated rings. The molecular formula is C14H10N2OS2. The molecule has 1 N–H and O–H groups in total. The smallest absolute Gasteiger partial charge is 0.135 e. The van der Waals surface area contributed by atoms with Crippen molar-refractivity contribution in [2.24, 2.45) is 0 Å². The highest BCUT2D eigenvalue weighted by Gasteiger charge is 2.12. The van der Waals surface area contributed by atoms with E-state index in [4.69, 9.17) is 16.6 Å². The Labute approximate surface area is 121 Å². The molecule has 0 amide bonds. The van der Waals surface area contributed by atoms with Crippen LogP contribution in [0.15, 0.2) is 47.6 Å². The zero-order valence-corrected chi connectivity index (χ0v) is 11.6. The van der Waals surface area contributed by atoms with E-state index in [1.807, 2.05) is 0 Å². The second kappa shape index (κ2) is 5.74. The van der Waals surface area contributed by atoms with E-state index in [1.54, 1.807) is 36.6 Å². The third-order valence-electron chi connectivity index (χ3n) is 2.48. The maximum Gasteiger partial charge on any atom is 0.135 e. The minimum Gasteiger partial charge on any atom is -0.464 e. The predicted molar refractivity (Wildman–Crippen MR) is 81.2 cm³/mol. The van der Waals surface area contributed by atoms with Crippen molar-refractivity contribution < 1.29 is 4.42 Å². The Morgan fingerprint density at radius 3 is 2.95 bits per heavy atom. The van der Waals surface area contributed by atoms with Crippen molar-refractivity contribution in [2.45, 2.75) is 0 Å². The molecule has 0 aliphatic heterocycles. The largest absolute Gasteiger partial charge is 0.464 e. The fourth-order valence-electron chi connectivity index (χ4n) is 1.64. The molecule has 2 aromatic rings. The molecule has 0 aliphatic rings. The van der Waals surface area contributed by atoms with Gasteiger partial charge >= 0.3 is 0 Å².